The molecule has 1 fully saturated rings. The number of amides is 1. The van der Waals surface area contributed by atoms with E-state index in [2.05, 4.69) is 19.2 Å². The lowest BCUT2D eigenvalue weighted by Gasteiger charge is -2.29. The van der Waals surface area contributed by atoms with Crippen molar-refractivity contribution in [1.82, 2.24) is 5.32 Å². The molecule has 1 aliphatic carbocycles. The predicted molar refractivity (Wildman–Crippen MR) is 86.5 cm³/mol. The second kappa shape index (κ2) is 7.08. The van der Waals surface area contributed by atoms with Crippen LogP contribution in [-0.2, 0) is 17.9 Å². The molecule has 1 aromatic carbocycles. The van der Waals surface area contributed by atoms with Gasteiger partial charge >= 0.3 is 0 Å². The molecule has 116 valence electrons. The number of nitrogens with two attached hydrogens (primary N) is 1. The van der Waals surface area contributed by atoms with Crippen LogP contribution in [0.15, 0.2) is 24.3 Å². The number of rotatable bonds is 6. The summed E-state index contributed by atoms with van der Waals surface area (Å²) in [5, 5.41) is 3.15. The Morgan fingerprint density at radius 3 is 2.29 bits per heavy atom. The van der Waals surface area contributed by atoms with Crippen molar-refractivity contribution >= 4 is 5.91 Å². The lowest BCUT2D eigenvalue weighted by Crippen LogP contribution is -2.39. The smallest absolute Gasteiger partial charge is 0.226 e. The van der Waals surface area contributed by atoms with E-state index < -0.39 is 0 Å². The van der Waals surface area contributed by atoms with Crippen LogP contribution in [0.5, 0.6) is 0 Å². The molecule has 0 aromatic heterocycles. The lowest BCUT2D eigenvalue weighted by atomic mass is 9.77. The van der Waals surface area contributed by atoms with Gasteiger partial charge in [-0.3, -0.25) is 4.79 Å². The van der Waals surface area contributed by atoms with Crippen molar-refractivity contribution in [3.8, 4) is 0 Å². The highest BCUT2D eigenvalue weighted by Crippen LogP contribution is 2.43. The van der Waals surface area contributed by atoms with Gasteiger partial charge in [0.15, 0.2) is 0 Å². The highest BCUT2D eigenvalue weighted by Gasteiger charge is 2.40. The first kappa shape index (κ1) is 16.0. The summed E-state index contributed by atoms with van der Waals surface area (Å²) in [5.74, 6) is 0.814. The van der Waals surface area contributed by atoms with Gasteiger partial charge in [-0.25, -0.2) is 0 Å². The molecular weight excluding hydrogens is 260 g/mol. The molecule has 21 heavy (non-hydrogen) atoms. The van der Waals surface area contributed by atoms with E-state index in [1.165, 1.54) is 12.8 Å². The van der Waals surface area contributed by atoms with Gasteiger partial charge in [0.25, 0.3) is 0 Å². The van der Waals surface area contributed by atoms with Gasteiger partial charge in [-0.2, -0.15) is 0 Å². The number of carbonyl (C=O) groups is 1. The molecule has 1 saturated carbocycles. The van der Waals surface area contributed by atoms with Crippen LogP contribution in [0.4, 0.5) is 0 Å². The van der Waals surface area contributed by atoms with E-state index >= 15 is 0 Å². The van der Waals surface area contributed by atoms with E-state index in [-0.39, 0.29) is 11.3 Å². The average Bonchev–Trinajstić information content (AvgIpc) is 2.94. The monoisotopic (exact) mass is 288 g/mol. The van der Waals surface area contributed by atoms with Crippen molar-refractivity contribution < 1.29 is 4.79 Å². The molecule has 0 radical (unpaired) electrons. The Kier molecular flexibility index (Phi) is 5.40. The van der Waals surface area contributed by atoms with Gasteiger partial charge in [-0.15, -0.1) is 0 Å². The zero-order chi connectivity index (χ0) is 15.3. The number of hydrogen-bond donors (Lipinski definition) is 2. The molecule has 3 N–H and O–H groups in total. The van der Waals surface area contributed by atoms with Gasteiger partial charge in [0.2, 0.25) is 5.91 Å². The largest absolute Gasteiger partial charge is 0.352 e. The Bertz CT molecular complexity index is 459. The molecule has 1 amide bonds. The molecule has 0 atom stereocenters. The Morgan fingerprint density at radius 2 is 1.76 bits per heavy atom. The molecular formula is C18H28N2O. The van der Waals surface area contributed by atoms with Crippen molar-refractivity contribution in [3.05, 3.63) is 35.4 Å². The summed E-state index contributed by atoms with van der Waals surface area (Å²) in [6.07, 6.45) is 5.47. The second-order valence-electron chi connectivity index (χ2n) is 6.79. The standard InChI is InChI=1S/C18H28N2O/c1-14(2)11-18(9-3-4-10-18)17(21)20-13-16-7-5-15(12-19)6-8-16/h5-8,14H,3-4,9-13,19H2,1-2H3,(H,20,21). The molecule has 0 bridgehead atoms. The van der Waals surface area contributed by atoms with E-state index in [1.54, 1.807) is 0 Å². The third kappa shape index (κ3) is 4.07. The van der Waals surface area contributed by atoms with Gasteiger partial charge < -0.3 is 11.1 Å². The van der Waals surface area contributed by atoms with Gasteiger partial charge in [0.1, 0.15) is 0 Å². The van der Waals surface area contributed by atoms with Crippen molar-refractivity contribution in [2.75, 3.05) is 0 Å². The van der Waals surface area contributed by atoms with E-state index in [9.17, 15) is 4.79 Å². The maximum Gasteiger partial charge on any atom is 0.226 e. The SMILES string of the molecule is CC(C)CC1(C(=O)NCc2ccc(CN)cc2)CCCC1. The minimum Gasteiger partial charge on any atom is -0.352 e. The molecule has 3 heteroatoms. The summed E-state index contributed by atoms with van der Waals surface area (Å²) >= 11 is 0. The fourth-order valence-electron chi connectivity index (χ4n) is 3.52. The van der Waals surface area contributed by atoms with Crippen LogP contribution >= 0.6 is 0 Å². The summed E-state index contributed by atoms with van der Waals surface area (Å²) in [6, 6.07) is 8.15. The van der Waals surface area contributed by atoms with Crippen LogP contribution in [0.1, 0.15) is 57.1 Å². The van der Waals surface area contributed by atoms with E-state index in [4.69, 9.17) is 5.73 Å². The van der Waals surface area contributed by atoms with Crippen LogP contribution in [0.25, 0.3) is 0 Å². The van der Waals surface area contributed by atoms with Crippen molar-refractivity contribution in [2.24, 2.45) is 17.1 Å². The number of hydrogen-bond acceptors (Lipinski definition) is 2. The predicted octanol–water partition coefficient (Wildman–Crippen LogP) is 3.37. The zero-order valence-electron chi connectivity index (χ0n) is 13.3. The topological polar surface area (TPSA) is 55.1 Å². The summed E-state index contributed by atoms with van der Waals surface area (Å²) < 4.78 is 0. The van der Waals surface area contributed by atoms with Crippen LogP contribution < -0.4 is 11.1 Å². The van der Waals surface area contributed by atoms with Crippen molar-refractivity contribution in [3.63, 3.8) is 0 Å². The van der Waals surface area contributed by atoms with Gasteiger partial charge in [0, 0.05) is 18.5 Å². The summed E-state index contributed by atoms with van der Waals surface area (Å²) in [4.78, 5) is 12.7. The molecule has 1 aliphatic rings. The molecule has 1 aromatic rings. The molecule has 0 saturated heterocycles. The third-order valence-corrected chi connectivity index (χ3v) is 4.55. The number of nitrogens with one attached hydrogen (secondary N) is 1. The first-order valence-electron chi connectivity index (χ1n) is 8.12. The first-order chi connectivity index (χ1) is 10.1. The highest BCUT2D eigenvalue weighted by molar-refractivity contribution is 5.82. The minimum absolute atomic E-state index is 0.120. The van der Waals surface area contributed by atoms with Crippen molar-refractivity contribution in [1.29, 1.82) is 0 Å². The Morgan fingerprint density at radius 1 is 1.19 bits per heavy atom. The van der Waals surface area contributed by atoms with E-state index in [0.717, 1.165) is 30.4 Å². The maximum atomic E-state index is 12.7. The second-order valence-corrected chi connectivity index (χ2v) is 6.79. The quantitative estimate of drug-likeness (QED) is 0.843. The third-order valence-electron chi connectivity index (χ3n) is 4.55. The molecule has 0 unspecified atom stereocenters. The Labute approximate surface area is 128 Å². The highest BCUT2D eigenvalue weighted by atomic mass is 16.2. The summed E-state index contributed by atoms with van der Waals surface area (Å²) in [5.41, 5.74) is 7.74. The van der Waals surface area contributed by atoms with Crippen LogP contribution in [-0.4, -0.2) is 5.91 Å². The van der Waals surface area contributed by atoms with Crippen molar-refractivity contribution in [2.45, 2.75) is 59.0 Å². The fraction of sp³-hybridized carbons (Fsp3) is 0.611. The summed E-state index contributed by atoms with van der Waals surface area (Å²) in [6.45, 7) is 5.59. The Hall–Kier alpha value is -1.35. The van der Waals surface area contributed by atoms with Gasteiger partial charge in [-0.05, 0) is 36.3 Å². The number of benzene rings is 1. The molecule has 0 aliphatic heterocycles. The van der Waals surface area contributed by atoms with Gasteiger partial charge in [0.05, 0.1) is 0 Å². The zero-order valence-corrected chi connectivity index (χ0v) is 13.3. The van der Waals surface area contributed by atoms with E-state index in [0.29, 0.717) is 19.0 Å². The Balaban J connectivity index is 1.95. The van der Waals surface area contributed by atoms with Crippen LogP contribution in [0.2, 0.25) is 0 Å². The van der Waals surface area contributed by atoms with Crippen LogP contribution in [0, 0.1) is 11.3 Å². The fourth-order valence-corrected chi connectivity index (χ4v) is 3.52. The lowest BCUT2D eigenvalue weighted by molar-refractivity contribution is -0.132. The van der Waals surface area contributed by atoms with Crippen LogP contribution in [0.3, 0.4) is 0 Å². The molecule has 0 heterocycles. The molecule has 2 rings (SSSR count). The van der Waals surface area contributed by atoms with E-state index in [1.807, 2.05) is 24.3 Å². The van der Waals surface area contributed by atoms with Gasteiger partial charge in [-0.1, -0.05) is 51.0 Å². The first-order valence-corrected chi connectivity index (χ1v) is 8.12. The molecule has 0 spiro atoms. The normalized spacial score (nSPS) is 17.1. The maximum absolute atomic E-state index is 12.7. The summed E-state index contributed by atoms with van der Waals surface area (Å²) in [7, 11) is 0. The average molecular weight is 288 g/mol. The minimum atomic E-state index is -0.120. The number of carbonyl (C=O) groups excluding carboxylic acids is 1. The molecule has 3 nitrogen and oxygen atoms in total.